The molecule has 0 saturated carbocycles. The van der Waals surface area contributed by atoms with Crippen molar-refractivity contribution in [1.29, 1.82) is 0 Å². The third kappa shape index (κ3) is 3.69. The maximum atomic E-state index is 9.11. The summed E-state index contributed by atoms with van der Waals surface area (Å²) in [6.07, 6.45) is 1.14. The Morgan fingerprint density at radius 2 is 2.21 bits per heavy atom. The zero-order valence-corrected chi connectivity index (χ0v) is 11.9. The summed E-state index contributed by atoms with van der Waals surface area (Å²) in [5.41, 5.74) is 4.11. The van der Waals surface area contributed by atoms with E-state index in [4.69, 9.17) is 9.84 Å². The molecule has 0 aliphatic carbocycles. The number of nitrogens with zero attached hydrogens (tertiary/aromatic N) is 2. The fourth-order valence-electron chi connectivity index (χ4n) is 2.61. The molecule has 1 aliphatic heterocycles. The van der Waals surface area contributed by atoms with E-state index in [1.807, 2.05) is 0 Å². The van der Waals surface area contributed by atoms with Crippen LogP contribution in [-0.2, 0) is 17.7 Å². The fourth-order valence-corrected chi connectivity index (χ4v) is 2.61. The highest BCUT2D eigenvalue weighted by Gasteiger charge is 2.16. The summed E-state index contributed by atoms with van der Waals surface area (Å²) < 4.78 is 5.11. The number of benzene rings is 1. The zero-order valence-electron chi connectivity index (χ0n) is 11.9. The molecule has 106 valence electrons. The first-order chi connectivity index (χ1) is 9.24. The number of hydrogen-bond donors (Lipinski definition) is 1. The Bertz CT molecular complexity index is 409. The van der Waals surface area contributed by atoms with E-state index in [0.717, 1.165) is 26.1 Å². The molecule has 1 heterocycles. The number of anilines is 1. The lowest BCUT2D eigenvalue weighted by atomic mass is 10.1. The van der Waals surface area contributed by atoms with Crippen molar-refractivity contribution in [2.75, 3.05) is 51.9 Å². The molecule has 0 spiro atoms. The highest BCUT2D eigenvalue weighted by molar-refractivity contribution is 5.58. The van der Waals surface area contributed by atoms with E-state index in [0.29, 0.717) is 13.2 Å². The number of fused-ring (bicyclic) bond motifs is 1. The molecule has 19 heavy (non-hydrogen) atoms. The van der Waals surface area contributed by atoms with Crippen LogP contribution in [0.3, 0.4) is 0 Å². The lowest BCUT2D eigenvalue weighted by Crippen LogP contribution is -2.29. The molecular weight excluding hydrogens is 240 g/mol. The van der Waals surface area contributed by atoms with Gasteiger partial charge in [-0.2, -0.15) is 0 Å². The standard InChI is InChI=1S/C15H24N2O2/c1-16-6-5-14-11-13(3-4-15(14)16)12-17(7-9-18)8-10-19-2/h3-4,11,18H,5-10,12H2,1-2H3. The number of ether oxygens (including phenoxy) is 1. The summed E-state index contributed by atoms with van der Waals surface area (Å²) in [5.74, 6) is 0. The van der Waals surface area contributed by atoms with Crippen LogP contribution in [0, 0.1) is 0 Å². The monoisotopic (exact) mass is 264 g/mol. The van der Waals surface area contributed by atoms with Gasteiger partial charge in [0.15, 0.2) is 0 Å². The first-order valence-corrected chi connectivity index (χ1v) is 6.89. The van der Waals surface area contributed by atoms with Gasteiger partial charge in [0.2, 0.25) is 0 Å². The Balaban J connectivity index is 2.01. The van der Waals surface area contributed by atoms with Crippen molar-refractivity contribution in [2.24, 2.45) is 0 Å². The Morgan fingerprint density at radius 1 is 1.37 bits per heavy atom. The van der Waals surface area contributed by atoms with E-state index in [1.54, 1.807) is 7.11 Å². The van der Waals surface area contributed by atoms with Crippen LogP contribution in [0.4, 0.5) is 5.69 Å². The summed E-state index contributed by atoms with van der Waals surface area (Å²) in [4.78, 5) is 4.53. The molecule has 1 N–H and O–H groups in total. The minimum absolute atomic E-state index is 0.192. The van der Waals surface area contributed by atoms with Crippen LogP contribution in [0.1, 0.15) is 11.1 Å². The predicted octanol–water partition coefficient (Wildman–Crippen LogP) is 1.12. The molecular formula is C15H24N2O2. The molecule has 0 aromatic heterocycles. The van der Waals surface area contributed by atoms with Gasteiger partial charge in [-0.25, -0.2) is 0 Å². The lowest BCUT2D eigenvalue weighted by Gasteiger charge is -2.21. The van der Waals surface area contributed by atoms with E-state index < -0.39 is 0 Å². The van der Waals surface area contributed by atoms with Crippen molar-refractivity contribution >= 4 is 5.69 Å². The van der Waals surface area contributed by atoms with E-state index >= 15 is 0 Å². The Hall–Kier alpha value is -1.10. The molecule has 1 aromatic carbocycles. The summed E-state index contributed by atoms with van der Waals surface area (Å²) in [6.45, 7) is 4.43. The SMILES string of the molecule is COCCN(CCO)Cc1ccc2c(c1)CCN2C. The van der Waals surface area contributed by atoms with Crippen LogP contribution in [0.25, 0.3) is 0 Å². The molecule has 4 nitrogen and oxygen atoms in total. The van der Waals surface area contributed by atoms with Crippen LogP contribution in [-0.4, -0.2) is 57.0 Å². The van der Waals surface area contributed by atoms with Crippen LogP contribution < -0.4 is 4.90 Å². The van der Waals surface area contributed by atoms with E-state index in [9.17, 15) is 0 Å². The summed E-state index contributed by atoms with van der Waals surface area (Å²) in [6, 6.07) is 6.71. The maximum Gasteiger partial charge on any atom is 0.0589 e. The zero-order chi connectivity index (χ0) is 13.7. The van der Waals surface area contributed by atoms with Gasteiger partial charge in [0.25, 0.3) is 0 Å². The molecule has 2 rings (SSSR count). The van der Waals surface area contributed by atoms with Crippen molar-refractivity contribution in [3.63, 3.8) is 0 Å². The van der Waals surface area contributed by atoms with Crippen molar-refractivity contribution < 1.29 is 9.84 Å². The minimum Gasteiger partial charge on any atom is -0.395 e. The molecule has 1 aromatic rings. The average molecular weight is 264 g/mol. The minimum atomic E-state index is 0.192. The highest BCUT2D eigenvalue weighted by atomic mass is 16.5. The quantitative estimate of drug-likeness (QED) is 0.800. The van der Waals surface area contributed by atoms with Crippen LogP contribution in [0.15, 0.2) is 18.2 Å². The van der Waals surface area contributed by atoms with E-state index in [2.05, 4.69) is 35.0 Å². The highest BCUT2D eigenvalue weighted by Crippen LogP contribution is 2.27. The van der Waals surface area contributed by atoms with Crippen molar-refractivity contribution in [1.82, 2.24) is 4.90 Å². The van der Waals surface area contributed by atoms with Crippen LogP contribution >= 0.6 is 0 Å². The first kappa shape index (κ1) is 14.3. The third-order valence-corrected chi connectivity index (χ3v) is 3.71. The summed E-state index contributed by atoms with van der Waals surface area (Å²) >= 11 is 0. The van der Waals surface area contributed by atoms with Crippen LogP contribution in [0.5, 0.6) is 0 Å². The van der Waals surface area contributed by atoms with Gasteiger partial charge in [-0.3, -0.25) is 4.90 Å². The maximum absolute atomic E-state index is 9.11. The molecule has 0 fully saturated rings. The van der Waals surface area contributed by atoms with Gasteiger partial charge in [-0.05, 0) is 23.6 Å². The summed E-state index contributed by atoms with van der Waals surface area (Å²) in [7, 11) is 3.85. The molecule has 0 saturated heterocycles. The molecule has 0 unspecified atom stereocenters. The van der Waals surface area contributed by atoms with Gasteiger partial charge in [-0.15, -0.1) is 0 Å². The number of likely N-dealkylation sites (N-methyl/N-ethyl adjacent to an activating group) is 1. The van der Waals surface area contributed by atoms with Crippen molar-refractivity contribution in [3.8, 4) is 0 Å². The molecule has 0 amide bonds. The van der Waals surface area contributed by atoms with Gasteiger partial charge in [0, 0.05) is 46.0 Å². The topological polar surface area (TPSA) is 35.9 Å². The van der Waals surface area contributed by atoms with E-state index in [-0.39, 0.29) is 6.61 Å². The van der Waals surface area contributed by atoms with Gasteiger partial charge < -0.3 is 14.7 Å². The number of aliphatic hydroxyl groups excluding tert-OH is 1. The van der Waals surface area contributed by atoms with Crippen LogP contribution in [0.2, 0.25) is 0 Å². The molecule has 4 heteroatoms. The van der Waals surface area contributed by atoms with Crippen molar-refractivity contribution in [3.05, 3.63) is 29.3 Å². The normalized spacial score (nSPS) is 14.2. The molecule has 1 aliphatic rings. The number of aliphatic hydroxyl groups is 1. The smallest absolute Gasteiger partial charge is 0.0589 e. The number of rotatable bonds is 7. The lowest BCUT2D eigenvalue weighted by molar-refractivity contribution is 0.127. The Kier molecular flexibility index (Phi) is 5.19. The molecule has 0 atom stereocenters. The second kappa shape index (κ2) is 6.89. The summed E-state index contributed by atoms with van der Waals surface area (Å²) in [5, 5.41) is 9.11. The predicted molar refractivity (Wildman–Crippen MR) is 77.7 cm³/mol. The first-order valence-electron chi connectivity index (χ1n) is 6.89. The second-order valence-electron chi connectivity index (χ2n) is 5.13. The van der Waals surface area contributed by atoms with Gasteiger partial charge in [-0.1, -0.05) is 12.1 Å². The van der Waals surface area contributed by atoms with Gasteiger partial charge in [0.05, 0.1) is 13.2 Å². The third-order valence-electron chi connectivity index (χ3n) is 3.71. The largest absolute Gasteiger partial charge is 0.395 e. The second-order valence-corrected chi connectivity index (χ2v) is 5.13. The molecule has 0 radical (unpaired) electrons. The van der Waals surface area contributed by atoms with Gasteiger partial charge >= 0.3 is 0 Å². The number of methoxy groups -OCH3 is 1. The van der Waals surface area contributed by atoms with Gasteiger partial charge in [0.1, 0.15) is 0 Å². The average Bonchev–Trinajstić information content (AvgIpc) is 2.77. The van der Waals surface area contributed by atoms with Crippen molar-refractivity contribution in [2.45, 2.75) is 13.0 Å². The Labute approximate surface area is 115 Å². The fraction of sp³-hybridized carbons (Fsp3) is 0.600. The molecule has 0 bridgehead atoms. The number of hydrogen-bond acceptors (Lipinski definition) is 4. The van der Waals surface area contributed by atoms with E-state index in [1.165, 1.54) is 16.8 Å². The Morgan fingerprint density at radius 3 is 2.95 bits per heavy atom.